The van der Waals surface area contributed by atoms with E-state index < -0.39 is 5.91 Å². The van der Waals surface area contributed by atoms with Crippen LogP contribution in [-0.4, -0.2) is 23.0 Å². The van der Waals surface area contributed by atoms with Crippen LogP contribution in [0.15, 0.2) is 18.3 Å². The Balaban J connectivity index is 2.03. The monoisotopic (exact) mass is 249 g/mol. The van der Waals surface area contributed by atoms with Gasteiger partial charge in [0, 0.05) is 6.20 Å². The number of carbonyl (C=O) groups is 1. The third-order valence-corrected chi connectivity index (χ3v) is 3.38. The van der Waals surface area contributed by atoms with Crippen LogP contribution in [0.4, 0.5) is 0 Å². The van der Waals surface area contributed by atoms with Crippen molar-refractivity contribution in [2.24, 2.45) is 11.5 Å². The van der Waals surface area contributed by atoms with Crippen LogP contribution in [0.3, 0.4) is 0 Å². The largest absolute Gasteiger partial charge is 0.475 e. The molecule has 0 unspecified atom stereocenters. The summed E-state index contributed by atoms with van der Waals surface area (Å²) in [6, 6.07) is 3.26. The van der Waals surface area contributed by atoms with Gasteiger partial charge in [-0.3, -0.25) is 4.79 Å². The molecule has 0 radical (unpaired) electrons. The first kappa shape index (κ1) is 12.8. The quantitative estimate of drug-likeness (QED) is 0.839. The molecule has 1 amide bonds. The number of ether oxygens (including phenoxy) is 1. The van der Waals surface area contributed by atoms with E-state index in [2.05, 4.69) is 4.98 Å². The van der Waals surface area contributed by atoms with Crippen LogP contribution >= 0.6 is 0 Å². The summed E-state index contributed by atoms with van der Waals surface area (Å²) in [6.45, 7) is 0.379. The minimum atomic E-state index is -0.534. The maximum absolute atomic E-state index is 11.2. The lowest BCUT2D eigenvalue weighted by molar-refractivity contribution is 0.0991. The summed E-state index contributed by atoms with van der Waals surface area (Å²) < 4.78 is 5.60. The van der Waals surface area contributed by atoms with Gasteiger partial charge in [-0.05, 0) is 25.0 Å². The highest BCUT2D eigenvalue weighted by Crippen LogP contribution is 2.27. The zero-order valence-corrected chi connectivity index (χ0v) is 10.4. The van der Waals surface area contributed by atoms with Gasteiger partial charge in [0.05, 0.1) is 5.54 Å². The minimum absolute atomic E-state index is 0.278. The molecular formula is C13H19N3O2. The first-order chi connectivity index (χ1) is 8.61. The van der Waals surface area contributed by atoms with Crippen LogP contribution in [0.5, 0.6) is 5.88 Å². The zero-order valence-electron chi connectivity index (χ0n) is 10.4. The van der Waals surface area contributed by atoms with Gasteiger partial charge >= 0.3 is 0 Å². The van der Waals surface area contributed by atoms with E-state index in [9.17, 15) is 4.79 Å². The number of amides is 1. The highest BCUT2D eigenvalue weighted by Gasteiger charge is 2.28. The molecule has 0 spiro atoms. The molecule has 5 nitrogen and oxygen atoms in total. The van der Waals surface area contributed by atoms with Gasteiger partial charge in [-0.1, -0.05) is 19.3 Å². The van der Waals surface area contributed by atoms with Gasteiger partial charge in [-0.15, -0.1) is 0 Å². The number of pyridine rings is 1. The van der Waals surface area contributed by atoms with Crippen LogP contribution in [0.2, 0.25) is 0 Å². The number of nitrogens with two attached hydrogens (primary N) is 2. The molecule has 0 atom stereocenters. The van der Waals surface area contributed by atoms with Gasteiger partial charge in [0.25, 0.3) is 5.91 Å². The Kier molecular flexibility index (Phi) is 3.81. The number of nitrogens with zero attached hydrogens (tertiary/aromatic N) is 1. The Morgan fingerprint density at radius 1 is 1.39 bits per heavy atom. The van der Waals surface area contributed by atoms with Gasteiger partial charge < -0.3 is 16.2 Å². The summed E-state index contributed by atoms with van der Waals surface area (Å²) >= 11 is 0. The summed E-state index contributed by atoms with van der Waals surface area (Å²) in [6.07, 6.45) is 6.97. The van der Waals surface area contributed by atoms with Crippen LogP contribution in [-0.2, 0) is 0 Å². The summed E-state index contributed by atoms with van der Waals surface area (Å²) in [4.78, 5) is 15.3. The Hall–Kier alpha value is -1.62. The summed E-state index contributed by atoms with van der Waals surface area (Å²) in [7, 11) is 0. The molecule has 1 aromatic heterocycles. The van der Waals surface area contributed by atoms with Gasteiger partial charge in [-0.2, -0.15) is 0 Å². The molecule has 0 aromatic carbocycles. The SMILES string of the molecule is NC(=O)c1cccnc1OCC1(N)CCCCC1. The fourth-order valence-electron chi connectivity index (χ4n) is 2.31. The normalized spacial score (nSPS) is 18.3. The molecule has 98 valence electrons. The van der Waals surface area contributed by atoms with E-state index in [1.165, 1.54) is 6.42 Å². The third-order valence-electron chi connectivity index (χ3n) is 3.38. The van der Waals surface area contributed by atoms with E-state index in [4.69, 9.17) is 16.2 Å². The molecule has 1 aromatic rings. The molecule has 1 aliphatic carbocycles. The second kappa shape index (κ2) is 5.35. The predicted molar refractivity (Wildman–Crippen MR) is 68.3 cm³/mol. The number of rotatable bonds is 4. The maximum Gasteiger partial charge on any atom is 0.254 e. The van der Waals surface area contributed by atoms with E-state index >= 15 is 0 Å². The van der Waals surface area contributed by atoms with Crippen molar-refractivity contribution in [1.29, 1.82) is 0 Å². The van der Waals surface area contributed by atoms with E-state index in [0.717, 1.165) is 25.7 Å². The smallest absolute Gasteiger partial charge is 0.254 e. The fourth-order valence-corrected chi connectivity index (χ4v) is 2.31. The molecule has 1 saturated carbocycles. The number of hydrogen-bond acceptors (Lipinski definition) is 4. The van der Waals surface area contributed by atoms with Crippen LogP contribution in [0.25, 0.3) is 0 Å². The molecule has 2 rings (SSSR count). The topological polar surface area (TPSA) is 91.2 Å². The van der Waals surface area contributed by atoms with E-state index in [1.807, 2.05) is 0 Å². The standard InChI is InChI=1S/C13H19N3O2/c14-11(17)10-5-4-8-16-12(10)18-9-13(15)6-2-1-3-7-13/h4-5,8H,1-3,6-7,9,15H2,(H2,14,17). The zero-order chi connectivity index (χ0) is 13.0. The highest BCUT2D eigenvalue weighted by atomic mass is 16.5. The van der Waals surface area contributed by atoms with Crippen molar-refractivity contribution in [2.45, 2.75) is 37.6 Å². The summed E-state index contributed by atoms with van der Waals surface area (Å²) in [5.41, 5.74) is 11.5. The van der Waals surface area contributed by atoms with E-state index in [-0.39, 0.29) is 11.4 Å². The minimum Gasteiger partial charge on any atom is -0.475 e. The Morgan fingerprint density at radius 3 is 2.78 bits per heavy atom. The molecule has 0 bridgehead atoms. The fraction of sp³-hybridized carbons (Fsp3) is 0.538. The van der Waals surface area contributed by atoms with Gasteiger partial charge in [0.15, 0.2) is 0 Å². The molecule has 4 N–H and O–H groups in total. The van der Waals surface area contributed by atoms with Crippen molar-refractivity contribution < 1.29 is 9.53 Å². The number of primary amides is 1. The average Bonchev–Trinajstić information content (AvgIpc) is 2.38. The molecule has 18 heavy (non-hydrogen) atoms. The molecule has 0 saturated heterocycles. The van der Waals surface area contributed by atoms with Gasteiger partial charge in [-0.25, -0.2) is 4.98 Å². The number of aromatic nitrogens is 1. The van der Waals surface area contributed by atoms with E-state index in [1.54, 1.807) is 18.3 Å². The first-order valence-electron chi connectivity index (χ1n) is 6.27. The van der Waals surface area contributed by atoms with Gasteiger partial charge in [0.1, 0.15) is 12.2 Å². The molecule has 1 fully saturated rings. The number of carbonyl (C=O) groups excluding carboxylic acids is 1. The van der Waals surface area contributed by atoms with Crippen molar-refractivity contribution in [2.75, 3.05) is 6.61 Å². The van der Waals surface area contributed by atoms with Gasteiger partial charge in [0.2, 0.25) is 5.88 Å². The second-order valence-corrected chi connectivity index (χ2v) is 4.93. The molecule has 5 heteroatoms. The molecular weight excluding hydrogens is 230 g/mol. The summed E-state index contributed by atoms with van der Waals surface area (Å²) in [5, 5.41) is 0. The predicted octanol–water partition coefficient (Wildman–Crippen LogP) is 1.22. The Labute approximate surface area is 107 Å². The molecule has 1 aliphatic rings. The van der Waals surface area contributed by atoms with Crippen LogP contribution in [0, 0.1) is 0 Å². The lowest BCUT2D eigenvalue weighted by Crippen LogP contribution is -2.47. The lowest BCUT2D eigenvalue weighted by atomic mass is 9.83. The number of hydrogen-bond donors (Lipinski definition) is 2. The Morgan fingerprint density at radius 2 is 2.11 bits per heavy atom. The molecule has 0 aliphatic heterocycles. The van der Waals surface area contributed by atoms with Crippen LogP contribution in [0.1, 0.15) is 42.5 Å². The molecule has 1 heterocycles. The highest BCUT2D eigenvalue weighted by molar-refractivity contribution is 5.94. The van der Waals surface area contributed by atoms with Crippen molar-refractivity contribution >= 4 is 5.91 Å². The third kappa shape index (κ3) is 2.98. The van der Waals surface area contributed by atoms with Crippen molar-refractivity contribution in [3.05, 3.63) is 23.9 Å². The lowest BCUT2D eigenvalue weighted by Gasteiger charge is -2.32. The Bertz CT molecular complexity index is 428. The maximum atomic E-state index is 11.2. The van der Waals surface area contributed by atoms with Crippen molar-refractivity contribution in [3.8, 4) is 5.88 Å². The van der Waals surface area contributed by atoms with Crippen LogP contribution < -0.4 is 16.2 Å². The van der Waals surface area contributed by atoms with E-state index in [0.29, 0.717) is 12.2 Å². The second-order valence-electron chi connectivity index (χ2n) is 4.93. The summed E-state index contributed by atoms with van der Waals surface area (Å²) in [5.74, 6) is -0.256. The van der Waals surface area contributed by atoms with Crippen molar-refractivity contribution in [1.82, 2.24) is 4.98 Å². The van der Waals surface area contributed by atoms with Crippen molar-refractivity contribution in [3.63, 3.8) is 0 Å². The average molecular weight is 249 g/mol. The first-order valence-corrected chi connectivity index (χ1v) is 6.27.